The van der Waals surface area contributed by atoms with Crippen molar-refractivity contribution < 1.29 is 9.59 Å². The number of amides is 3. The van der Waals surface area contributed by atoms with Crippen molar-refractivity contribution in [2.24, 2.45) is 0 Å². The molecule has 0 unspecified atom stereocenters. The maximum atomic E-state index is 12.5. The topological polar surface area (TPSA) is 59.1 Å². The van der Waals surface area contributed by atoms with E-state index in [9.17, 15) is 9.59 Å². The van der Waals surface area contributed by atoms with Crippen molar-refractivity contribution in [3.8, 4) is 0 Å². The van der Waals surface area contributed by atoms with Gasteiger partial charge in [0.05, 0.1) is 0 Å². The molecule has 1 aromatic rings. The average Bonchev–Trinajstić information content (AvgIpc) is 2.58. The van der Waals surface area contributed by atoms with Crippen LogP contribution in [0.5, 0.6) is 0 Å². The maximum absolute atomic E-state index is 12.5. The predicted octanol–water partition coefficient (Wildman–Crippen LogP) is 0.743. The third-order valence-corrected chi connectivity index (χ3v) is 4.80. The molecule has 1 N–H and O–H groups in total. The molecule has 0 radical (unpaired) electrons. The summed E-state index contributed by atoms with van der Waals surface area (Å²) in [6.45, 7) is 3.49. The number of anilines is 2. The Labute approximate surface area is 142 Å². The van der Waals surface area contributed by atoms with Gasteiger partial charge >= 0.3 is 6.03 Å². The van der Waals surface area contributed by atoms with Gasteiger partial charge in [-0.05, 0) is 24.3 Å². The Morgan fingerprint density at radius 1 is 1.12 bits per heavy atom. The van der Waals surface area contributed by atoms with E-state index in [0.29, 0.717) is 13.1 Å². The van der Waals surface area contributed by atoms with E-state index in [4.69, 9.17) is 0 Å². The lowest BCUT2D eigenvalue weighted by atomic mass is 10.1. The molecule has 2 fully saturated rings. The van der Waals surface area contributed by atoms with E-state index >= 15 is 0 Å². The molecule has 0 aliphatic carbocycles. The number of carbonyl (C=O) groups excluding carboxylic acids is 2. The first kappa shape index (κ1) is 16.6. The smallest absolute Gasteiger partial charge is 0.321 e. The van der Waals surface area contributed by atoms with Crippen molar-refractivity contribution in [1.29, 1.82) is 0 Å². The molecule has 3 rings (SSSR count). The van der Waals surface area contributed by atoms with E-state index in [0.717, 1.165) is 31.0 Å². The minimum Gasteiger partial charge on any atom is -0.378 e. The normalized spacial score (nSPS) is 21.5. The predicted molar refractivity (Wildman–Crippen MR) is 94.4 cm³/mol. The van der Waals surface area contributed by atoms with Crippen molar-refractivity contribution in [3.63, 3.8) is 0 Å². The molecule has 0 saturated carbocycles. The third kappa shape index (κ3) is 3.31. The average molecular weight is 331 g/mol. The summed E-state index contributed by atoms with van der Waals surface area (Å²) in [7, 11) is 5.78. The summed E-state index contributed by atoms with van der Waals surface area (Å²) in [5.74, 6) is 0.106. The highest BCUT2D eigenvalue weighted by Crippen LogP contribution is 2.19. The van der Waals surface area contributed by atoms with Crippen molar-refractivity contribution in [2.45, 2.75) is 6.04 Å². The molecule has 2 aliphatic heterocycles. The van der Waals surface area contributed by atoms with Crippen molar-refractivity contribution in [3.05, 3.63) is 24.3 Å². The first-order valence-electron chi connectivity index (χ1n) is 8.28. The zero-order valence-corrected chi connectivity index (χ0v) is 14.5. The van der Waals surface area contributed by atoms with E-state index in [-0.39, 0.29) is 18.0 Å². The Hall–Kier alpha value is -2.28. The highest BCUT2D eigenvalue weighted by Gasteiger charge is 2.38. The molecule has 7 heteroatoms. The first-order valence-corrected chi connectivity index (χ1v) is 8.28. The Kier molecular flexibility index (Phi) is 4.62. The maximum Gasteiger partial charge on any atom is 0.321 e. The first-order chi connectivity index (χ1) is 11.5. The van der Waals surface area contributed by atoms with E-state index in [1.54, 1.807) is 9.80 Å². The SMILES string of the molecule is CN1CCN2CCN(C(=O)Nc3ccc(N(C)C)cc3)C[C@H]2C1=O. The van der Waals surface area contributed by atoms with Gasteiger partial charge in [0.25, 0.3) is 0 Å². The fourth-order valence-electron chi connectivity index (χ4n) is 3.20. The van der Waals surface area contributed by atoms with Crippen LogP contribution in [-0.4, -0.2) is 86.5 Å². The van der Waals surface area contributed by atoms with Gasteiger partial charge in [-0.15, -0.1) is 0 Å². The van der Waals surface area contributed by atoms with E-state index in [1.165, 1.54) is 0 Å². The van der Waals surface area contributed by atoms with Gasteiger partial charge in [0, 0.05) is 65.2 Å². The number of fused-ring (bicyclic) bond motifs is 1. The van der Waals surface area contributed by atoms with Gasteiger partial charge in [0.15, 0.2) is 0 Å². The van der Waals surface area contributed by atoms with Gasteiger partial charge in [-0.2, -0.15) is 0 Å². The van der Waals surface area contributed by atoms with Crippen LogP contribution >= 0.6 is 0 Å². The number of urea groups is 1. The van der Waals surface area contributed by atoms with Crippen LogP contribution in [0.1, 0.15) is 0 Å². The second-order valence-electron chi connectivity index (χ2n) is 6.63. The van der Waals surface area contributed by atoms with Gasteiger partial charge in [0.2, 0.25) is 5.91 Å². The van der Waals surface area contributed by atoms with Crippen LogP contribution in [0.3, 0.4) is 0 Å². The molecule has 1 atom stereocenters. The molecule has 3 amide bonds. The van der Waals surface area contributed by atoms with Crippen molar-refractivity contribution in [2.75, 3.05) is 64.1 Å². The fraction of sp³-hybridized carbons (Fsp3) is 0.529. The monoisotopic (exact) mass is 331 g/mol. The zero-order chi connectivity index (χ0) is 17.3. The van der Waals surface area contributed by atoms with Crippen LogP contribution in [0.2, 0.25) is 0 Å². The van der Waals surface area contributed by atoms with E-state index < -0.39 is 0 Å². The Bertz CT molecular complexity index is 616. The summed E-state index contributed by atoms with van der Waals surface area (Å²) in [5, 5.41) is 2.92. The highest BCUT2D eigenvalue weighted by molar-refractivity contribution is 5.91. The minimum absolute atomic E-state index is 0.106. The fourth-order valence-corrected chi connectivity index (χ4v) is 3.20. The van der Waals surface area contributed by atoms with Gasteiger partial charge in [0.1, 0.15) is 6.04 Å². The molecule has 0 spiro atoms. The molecule has 2 aliphatic rings. The van der Waals surface area contributed by atoms with Gasteiger partial charge in [-0.3, -0.25) is 9.69 Å². The van der Waals surface area contributed by atoms with Crippen molar-refractivity contribution in [1.82, 2.24) is 14.7 Å². The minimum atomic E-state index is -0.209. The number of hydrogen-bond donors (Lipinski definition) is 1. The number of rotatable bonds is 2. The molecular weight excluding hydrogens is 306 g/mol. The van der Waals surface area contributed by atoms with E-state index in [1.807, 2.05) is 50.3 Å². The Morgan fingerprint density at radius 2 is 1.79 bits per heavy atom. The number of hydrogen-bond acceptors (Lipinski definition) is 4. The number of nitrogens with one attached hydrogen (secondary N) is 1. The zero-order valence-electron chi connectivity index (χ0n) is 14.5. The summed E-state index contributed by atoms with van der Waals surface area (Å²) in [6.07, 6.45) is 0. The number of likely N-dealkylation sites (N-methyl/N-ethyl adjacent to an activating group) is 1. The second-order valence-corrected chi connectivity index (χ2v) is 6.63. The second kappa shape index (κ2) is 6.68. The van der Waals surface area contributed by atoms with Crippen LogP contribution in [0.25, 0.3) is 0 Å². The standard InChI is InChI=1S/C17H25N5O2/c1-19(2)14-6-4-13(5-7-14)18-17(24)22-11-10-21-9-8-20(3)16(23)15(21)12-22/h4-7,15H,8-12H2,1-3H3,(H,18,24)/t15-/m0/s1. The molecule has 130 valence electrons. The summed E-state index contributed by atoms with van der Waals surface area (Å²) in [4.78, 5) is 32.5. The number of benzene rings is 1. The molecule has 0 aromatic heterocycles. The van der Waals surface area contributed by atoms with Gasteiger partial charge < -0.3 is 20.0 Å². The molecular formula is C17H25N5O2. The summed E-state index contributed by atoms with van der Waals surface area (Å²) < 4.78 is 0. The largest absolute Gasteiger partial charge is 0.378 e. The Morgan fingerprint density at radius 3 is 2.46 bits per heavy atom. The lowest BCUT2D eigenvalue weighted by Gasteiger charge is -2.45. The summed E-state index contributed by atoms with van der Waals surface area (Å²) in [5.41, 5.74) is 1.84. The van der Waals surface area contributed by atoms with Crippen LogP contribution in [0, 0.1) is 0 Å². The van der Waals surface area contributed by atoms with Crippen molar-refractivity contribution >= 4 is 23.3 Å². The summed E-state index contributed by atoms with van der Waals surface area (Å²) >= 11 is 0. The summed E-state index contributed by atoms with van der Waals surface area (Å²) in [6, 6.07) is 7.36. The van der Waals surface area contributed by atoms with Crippen LogP contribution in [-0.2, 0) is 4.79 Å². The van der Waals surface area contributed by atoms with Crippen LogP contribution in [0.15, 0.2) is 24.3 Å². The van der Waals surface area contributed by atoms with Crippen LogP contribution < -0.4 is 10.2 Å². The third-order valence-electron chi connectivity index (χ3n) is 4.80. The number of carbonyl (C=O) groups is 2. The molecule has 0 bridgehead atoms. The van der Waals surface area contributed by atoms with Gasteiger partial charge in [-0.25, -0.2) is 4.79 Å². The van der Waals surface area contributed by atoms with Gasteiger partial charge in [-0.1, -0.05) is 0 Å². The number of nitrogens with zero attached hydrogens (tertiary/aromatic N) is 4. The molecule has 1 aromatic carbocycles. The number of piperazine rings is 2. The van der Waals surface area contributed by atoms with E-state index in [2.05, 4.69) is 10.2 Å². The lowest BCUT2D eigenvalue weighted by molar-refractivity contribution is -0.142. The van der Waals surface area contributed by atoms with Crippen LogP contribution in [0.4, 0.5) is 16.2 Å². The molecule has 24 heavy (non-hydrogen) atoms. The molecule has 2 heterocycles. The molecule has 7 nitrogen and oxygen atoms in total. The molecule has 2 saturated heterocycles. The highest BCUT2D eigenvalue weighted by atomic mass is 16.2. The Balaban J connectivity index is 1.62. The quantitative estimate of drug-likeness (QED) is 0.868. The lowest BCUT2D eigenvalue weighted by Crippen LogP contribution is -2.65.